The zero-order valence-electron chi connectivity index (χ0n) is 15.7. The van der Waals surface area contributed by atoms with E-state index in [1.165, 1.54) is 0 Å². The molecule has 2 aliphatic rings. The standard InChI is InChI=1S/C18H31N3O4/c1-18(2,3)25-17(24)19-13-15(22)20-9-6-10-21(12-11-20)16(23)14-7-4-5-8-14/h14H,4-13H2,1-3H3,(H,19,24). The van der Waals surface area contributed by atoms with Crippen LogP contribution in [0.2, 0.25) is 0 Å². The van der Waals surface area contributed by atoms with Crippen LogP contribution in [0.1, 0.15) is 52.9 Å². The monoisotopic (exact) mass is 353 g/mol. The van der Waals surface area contributed by atoms with Crippen molar-refractivity contribution < 1.29 is 19.1 Å². The van der Waals surface area contributed by atoms with E-state index in [1.54, 1.807) is 25.7 Å². The average Bonchev–Trinajstić information content (AvgIpc) is 2.94. The normalized spacial score (nSPS) is 19.5. The minimum absolute atomic E-state index is 0.0779. The Morgan fingerprint density at radius 1 is 0.960 bits per heavy atom. The molecule has 7 nitrogen and oxygen atoms in total. The number of rotatable bonds is 3. The van der Waals surface area contributed by atoms with Crippen LogP contribution in [-0.4, -0.2) is 66.0 Å². The molecule has 0 spiro atoms. The van der Waals surface area contributed by atoms with Gasteiger partial charge >= 0.3 is 6.09 Å². The predicted molar refractivity (Wildman–Crippen MR) is 94.0 cm³/mol. The molecular weight excluding hydrogens is 322 g/mol. The van der Waals surface area contributed by atoms with Crippen molar-refractivity contribution >= 4 is 17.9 Å². The fourth-order valence-corrected chi connectivity index (χ4v) is 3.39. The highest BCUT2D eigenvalue weighted by Gasteiger charge is 2.29. The van der Waals surface area contributed by atoms with Gasteiger partial charge in [0, 0.05) is 32.1 Å². The summed E-state index contributed by atoms with van der Waals surface area (Å²) in [6, 6.07) is 0. The van der Waals surface area contributed by atoms with Crippen LogP contribution in [0.25, 0.3) is 0 Å². The minimum Gasteiger partial charge on any atom is -0.444 e. The maximum Gasteiger partial charge on any atom is 0.408 e. The third-order valence-corrected chi connectivity index (χ3v) is 4.65. The number of carbonyl (C=O) groups excluding carboxylic acids is 3. The summed E-state index contributed by atoms with van der Waals surface area (Å²) in [6.45, 7) is 7.67. The van der Waals surface area contributed by atoms with Crippen LogP contribution in [0, 0.1) is 5.92 Å². The lowest BCUT2D eigenvalue weighted by atomic mass is 10.1. The molecule has 0 aromatic rings. The summed E-state index contributed by atoms with van der Waals surface area (Å²) in [5.74, 6) is 0.288. The van der Waals surface area contributed by atoms with Crippen molar-refractivity contribution in [1.29, 1.82) is 0 Å². The Morgan fingerprint density at radius 3 is 2.20 bits per heavy atom. The highest BCUT2D eigenvalue weighted by atomic mass is 16.6. The topological polar surface area (TPSA) is 79.0 Å². The number of alkyl carbamates (subject to hydrolysis) is 1. The summed E-state index contributed by atoms with van der Waals surface area (Å²) in [5.41, 5.74) is -0.586. The molecule has 1 saturated carbocycles. The van der Waals surface area contributed by atoms with Crippen molar-refractivity contribution in [3.8, 4) is 0 Å². The minimum atomic E-state index is -0.589. The van der Waals surface area contributed by atoms with E-state index in [0.717, 1.165) is 32.1 Å². The first-order chi connectivity index (χ1) is 11.8. The Bertz CT molecular complexity index is 495. The molecule has 1 aliphatic carbocycles. The van der Waals surface area contributed by atoms with Gasteiger partial charge in [0.15, 0.2) is 0 Å². The molecule has 1 heterocycles. The number of hydrogen-bond acceptors (Lipinski definition) is 4. The fraction of sp³-hybridized carbons (Fsp3) is 0.833. The zero-order valence-corrected chi connectivity index (χ0v) is 15.7. The number of carbonyl (C=O) groups is 3. The Labute approximate surface area is 150 Å². The van der Waals surface area contributed by atoms with E-state index in [0.29, 0.717) is 26.2 Å². The summed E-state index contributed by atoms with van der Waals surface area (Å²) in [7, 11) is 0. The maximum absolute atomic E-state index is 12.5. The van der Waals surface area contributed by atoms with E-state index in [-0.39, 0.29) is 24.3 Å². The summed E-state index contributed by atoms with van der Waals surface area (Å²) < 4.78 is 5.13. The van der Waals surface area contributed by atoms with E-state index in [2.05, 4.69) is 5.32 Å². The zero-order chi connectivity index (χ0) is 18.4. The average molecular weight is 353 g/mol. The largest absolute Gasteiger partial charge is 0.444 e. The van der Waals surface area contributed by atoms with E-state index < -0.39 is 11.7 Å². The molecule has 0 aromatic carbocycles. The molecule has 7 heteroatoms. The van der Waals surface area contributed by atoms with Crippen molar-refractivity contribution in [3.63, 3.8) is 0 Å². The lowest BCUT2D eigenvalue weighted by Crippen LogP contribution is -2.44. The van der Waals surface area contributed by atoms with Crippen LogP contribution in [0.3, 0.4) is 0 Å². The van der Waals surface area contributed by atoms with Gasteiger partial charge in [-0.2, -0.15) is 0 Å². The Kier molecular flexibility index (Phi) is 6.67. The van der Waals surface area contributed by atoms with E-state index in [1.807, 2.05) is 4.90 Å². The molecule has 142 valence electrons. The second-order valence-electron chi connectivity index (χ2n) is 7.90. The number of nitrogens with one attached hydrogen (secondary N) is 1. The molecule has 1 saturated heterocycles. The Morgan fingerprint density at radius 2 is 1.56 bits per heavy atom. The molecule has 0 bridgehead atoms. The van der Waals surface area contributed by atoms with Gasteiger partial charge in [-0.1, -0.05) is 12.8 Å². The molecule has 0 aromatic heterocycles. The molecular formula is C18H31N3O4. The Balaban J connectivity index is 1.76. The highest BCUT2D eigenvalue weighted by molar-refractivity contribution is 5.82. The van der Waals surface area contributed by atoms with Crippen molar-refractivity contribution in [3.05, 3.63) is 0 Å². The van der Waals surface area contributed by atoms with Gasteiger partial charge in [0.1, 0.15) is 12.1 Å². The summed E-state index contributed by atoms with van der Waals surface area (Å²) >= 11 is 0. The van der Waals surface area contributed by atoms with Crippen molar-refractivity contribution in [2.75, 3.05) is 32.7 Å². The van der Waals surface area contributed by atoms with Gasteiger partial charge in [-0.15, -0.1) is 0 Å². The highest BCUT2D eigenvalue weighted by Crippen LogP contribution is 2.26. The van der Waals surface area contributed by atoms with E-state index >= 15 is 0 Å². The molecule has 1 aliphatic heterocycles. The van der Waals surface area contributed by atoms with Crippen LogP contribution >= 0.6 is 0 Å². The molecule has 2 rings (SSSR count). The van der Waals surface area contributed by atoms with Crippen molar-refractivity contribution in [2.24, 2.45) is 5.92 Å². The number of amides is 3. The summed E-state index contributed by atoms with van der Waals surface area (Å²) in [4.78, 5) is 40.1. The lowest BCUT2D eigenvalue weighted by molar-refractivity contribution is -0.136. The van der Waals surface area contributed by atoms with Crippen LogP contribution < -0.4 is 5.32 Å². The van der Waals surface area contributed by atoms with E-state index in [4.69, 9.17) is 4.74 Å². The van der Waals surface area contributed by atoms with Crippen LogP contribution in [0.4, 0.5) is 4.79 Å². The first-order valence-corrected chi connectivity index (χ1v) is 9.30. The van der Waals surface area contributed by atoms with Gasteiger partial charge in [0.2, 0.25) is 11.8 Å². The molecule has 1 N–H and O–H groups in total. The second kappa shape index (κ2) is 8.54. The fourth-order valence-electron chi connectivity index (χ4n) is 3.39. The second-order valence-corrected chi connectivity index (χ2v) is 7.90. The summed E-state index contributed by atoms with van der Waals surface area (Å²) in [6.07, 6.45) is 4.47. The van der Waals surface area contributed by atoms with Crippen LogP contribution in [0.15, 0.2) is 0 Å². The number of nitrogens with zero attached hydrogens (tertiary/aromatic N) is 2. The number of hydrogen-bond donors (Lipinski definition) is 1. The molecule has 3 amide bonds. The van der Waals surface area contributed by atoms with Crippen LogP contribution in [-0.2, 0) is 14.3 Å². The SMILES string of the molecule is CC(C)(C)OC(=O)NCC(=O)N1CCCN(C(=O)C2CCCC2)CC1. The van der Waals surface area contributed by atoms with Crippen molar-refractivity contribution in [2.45, 2.75) is 58.5 Å². The van der Waals surface area contributed by atoms with Gasteiger partial charge in [-0.25, -0.2) is 4.79 Å². The Hall–Kier alpha value is -1.79. The third-order valence-electron chi connectivity index (χ3n) is 4.65. The van der Waals surface area contributed by atoms with Gasteiger partial charge in [0.05, 0.1) is 0 Å². The van der Waals surface area contributed by atoms with E-state index in [9.17, 15) is 14.4 Å². The number of ether oxygens (including phenoxy) is 1. The summed E-state index contributed by atoms with van der Waals surface area (Å²) in [5, 5.41) is 2.50. The quantitative estimate of drug-likeness (QED) is 0.838. The van der Waals surface area contributed by atoms with Gasteiger partial charge in [-0.05, 0) is 40.0 Å². The predicted octanol–water partition coefficient (Wildman–Crippen LogP) is 1.76. The lowest BCUT2D eigenvalue weighted by Gasteiger charge is -2.25. The maximum atomic E-state index is 12.5. The first-order valence-electron chi connectivity index (χ1n) is 9.30. The molecule has 0 unspecified atom stereocenters. The van der Waals surface area contributed by atoms with Gasteiger partial charge < -0.3 is 19.9 Å². The molecule has 2 fully saturated rings. The van der Waals surface area contributed by atoms with Crippen molar-refractivity contribution in [1.82, 2.24) is 15.1 Å². The van der Waals surface area contributed by atoms with Gasteiger partial charge in [0.25, 0.3) is 0 Å². The third kappa shape index (κ3) is 6.21. The molecule has 25 heavy (non-hydrogen) atoms. The van der Waals surface area contributed by atoms with Crippen LogP contribution in [0.5, 0.6) is 0 Å². The molecule has 0 atom stereocenters. The van der Waals surface area contributed by atoms with Gasteiger partial charge in [-0.3, -0.25) is 9.59 Å². The molecule has 0 radical (unpaired) electrons. The smallest absolute Gasteiger partial charge is 0.408 e. The first kappa shape index (κ1) is 19.5.